The summed E-state index contributed by atoms with van der Waals surface area (Å²) in [5.74, 6) is 0.514. The zero-order chi connectivity index (χ0) is 22.7. The van der Waals surface area contributed by atoms with E-state index in [0.29, 0.717) is 0 Å². The Morgan fingerprint density at radius 1 is 0.781 bits per heavy atom. The van der Waals surface area contributed by atoms with Gasteiger partial charge in [-0.1, -0.05) is 12.1 Å². The summed E-state index contributed by atoms with van der Waals surface area (Å²) in [4.78, 5) is 24.6. The van der Waals surface area contributed by atoms with Crippen molar-refractivity contribution in [3.05, 3.63) is 80.5 Å². The van der Waals surface area contributed by atoms with E-state index < -0.39 is 43.5 Å². The minimum absolute atomic E-state index is 0.113. The second kappa shape index (κ2) is 9.21. The van der Waals surface area contributed by atoms with Crippen LogP contribution in [0.5, 0.6) is 11.5 Å². The topological polar surface area (TPSA) is 119 Å². The molecule has 0 amide bonds. The predicted octanol–water partition coefficient (Wildman–Crippen LogP) is 2.68. The van der Waals surface area contributed by atoms with Gasteiger partial charge >= 0.3 is 0 Å². The van der Waals surface area contributed by atoms with Gasteiger partial charge < -0.3 is 28.5 Å². The van der Waals surface area contributed by atoms with Crippen LogP contribution in [0.3, 0.4) is 0 Å². The number of hydrogen-bond acceptors (Lipinski definition) is 8. The minimum atomic E-state index is -1.58. The molecule has 4 rings (SSSR count). The Kier molecular flexibility index (Phi) is 6.20. The van der Waals surface area contributed by atoms with Gasteiger partial charge in [-0.2, -0.15) is 0 Å². The fraction of sp³-hybridized carbons (Fsp3) is 0.217. The van der Waals surface area contributed by atoms with Crippen molar-refractivity contribution in [2.24, 2.45) is 0 Å². The summed E-state index contributed by atoms with van der Waals surface area (Å²) in [5.41, 5.74) is -0.393. The van der Waals surface area contributed by atoms with Crippen molar-refractivity contribution in [1.29, 1.82) is 0 Å². The molecule has 8 nitrogen and oxygen atoms in total. The molecule has 0 aliphatic heterocycles. The number of hydrogen-bond donors (Lipinski definition) is 2. The maximum atomic E-state index is 14.5. The van der Waals surface area contributed by atoms with E-state index in [1.165, 1.54) is 12.1 Å². The molecular weight excluding hydrogens is 423 g/mol. The summed E-state index contributed by atoms with van der Waals surface area (Å²) < 4.78 is 36.3. The second-order valence-corrected chi connectivity index (χ2v) is 6.95. The molecule has 0 aliphatic carbocycles. The van der Waals surface area contributed by atoms with Crippen molar-refractivity contribution in [1.82, 2.24) is 0 Å². The SMILES string of the molecule is O=c1cc(CO)oc2cccc(OCC(F)COc3cccc4oc(CO)cc(=O)c34)c12. The standard InChI is InChI=1S/C23H19FO8/c24-13(11-29-18-3-1-5-20-22(18)16(27)7-14(9-25)31-20)12-30-19-4-2-6-21-23(19)17(28)8-15(10-26)32-21/h1-8,13,25-26H,9-12H2. The third kappa shape index (κ3) is 4.34. The van der Waals surface area contributed by atoms with Crippen LogP contribution >= 0.6 is 0 Å². The van der Waals surface area contributed by atoms with Gasteiger partial charge in [0.25, 0.3) is 0 Å². The maximum absolute atomic E-state index is 14.5. The van der Waals surface area contributed by atoms with E-state index in [4.69, 9.17) is 28.5 Å². The monoisotopic (exact) mass is 442 g/mol. The molecule has 2 aromatic carbocycles. The third-order valence-corrected chi connectivity index (χ3v) is 4.69. The van der Waals surface area contributed by atoms with Crippen molar-refractivity contribution < 1.29 is 32.9 Å². The van der Waals surface area contributed by atoms with Gasteiger partial charge in [-0.25, -0.2) is 4.39 Å². The fourth-order valence-corrected chi connectivity index (χ4v) is 3.26. The first-order valence-corrected chi connectivity index (χ1v) is 9.73. The van der Waals surface area contributed by atoms with Crippen molar-refractivity contribution >= 4 is 21.9 Å². The zero-order valence-electron chi connectivity index (χ0n) is 16.7. The summed E-state index contributed by atoms with van der Waals surface area (Å²) in [6.45, 7) is -1.66. The molecule has 166 valence electrons. The highest BCUT2D eigenvalue weighted by Crippen LogP contribution is 2.25. The minimum Gasteiger partial charge on any atom is -0.489 e. The Balaban J connectivity index is 1.47. The number of aliphatic hydroxyl groups is 2. The lowest BCUT2D eigenvalue weighted by atomic mass is 10.2. The Hall–Kier alpha value is -3.69. The van der Waals surface area contributed by atoms with E-state index in [9.17, 15) is 14.0 Å². The van der Waals surface area contributed by atoms with Crippen molar-refractivity contribution in [3.63, 3.8) is 0 Å². The smallest absolute Gasteiger partial charge is 0.196 e. The number of aliphatic hydroxyl groups excluding tert-OH is 2. The Labute approximate surface area is 180 Å². The van der Waals surface area contributed by atoms with Crippen LogP contribution in [0.15, 0.2) is 67.0 Å². The Morgan fingerprint density at radius 3 is 1.62 bits per heavy atom. The summed E-state index contributed by atoms with van der Waals surface area (Å²) >= 11 is 0. The van der Waals surface area contributed by atoms with Crippen LogP contribution in [-0.4, -0.2) is 29.6 Å². The van der Waals surface area contributed by atoms with Gasteiger partial charge in [0, 0.05) is 12.1 Å². The summed E-state index contributed by atoms with van der Waals surface area (Å²) in [6.07, 6.45) is -1.58. The molecule has 4 aromatic rings. The van der Waals surface area contributed by atoms with Crippen LogP contribution in [0.1, 0.15) is 11.5 Å². The van der Waals surface area contributed by atoms with Crippen LogP contribution in [0.25, 0.3) is 21.9 Å². The van der Waals surface area contributed by atoms with Crippen LogP contribution in [0.2, 0.25) is 0 Å². The number of alkyl halides is 1. The van der Waals surface area contributed by atoms with Crippen LogP contribution in [-0.2, 0) is 13.2 Å². The van der Waals surface area contributed by atoms with E-state index in [0.717, 1.165) is 12.1 Å². The van der Waals surface area contributed by atoms with Crippen LogP contribution in [0.4, 0.5) is 4.39 Å². The van der Waals surface area contributed by atoms with E-state index in [1.54, 1.807) is 24.3 Å². The number of rotatable bonds is 8. The van der Waals surface area contributed by atoms with E-state index >= 15 is 0 Å². The van der Waals surface area contributed by atoms with Crippen LogP contribution in [0, 0.1) is 0 Å². The molecular formula is C23H19FO8. The van der Waals surface area contributed by atoms with Gasteiger partial charge in [0.05, 0.1) is 0 Å². The molecule has 0 aliphatic rings. The predicted molar refractivity (Wildman–Crippen MR) is 113 cm³/mol. The van der Waals surface area contributed by atoms with Crippen molar-refractivity contribution in [2.45, 2.75) is 19.4 Å². The fourth-order valence-electron chi connectivity index (χ4n) is 3.26. The van der Waals surface area contributed by atoms with Gasteiger partial charge in [0.2, 0.25) is 0 Å². The summed E-state index contributed by atoms with van der Waals surface area (Å²) in [5, 5.41) is 18.6. The largest absolute Gasteiger partial charge is 0.489 e. The van der Waals surface area contributed by atoms with Crippen molar-refractivity contribution in [2.75, 3.05) is 13.2 Å². The maximum Gasteiger partial charge on any atom is 0.196 e. The first-order valence-electron chi connectivity index (χ1n) is 9.73. The van der Waals surface area contributed by atoms with Gasteiger partial charge in [-0.05, 0) is 24.3 Å². The quantitative estimate of drug-likeness (QED) is 0.428. The Bertz CT molecular complexity index is 1270. The average Bonchev–Trinajstić information content (AvgIpc) is 2.80. The molecule has 0 spiro atoms. The van der Waals surface area contributed by atoms with Crippen LogP contribution < -0.4 is 20.3 Å². The van der Waals surface area contributed by atoms with Gasteiger partial charge in [0.15, 0.2) is 17.0 Å². The molecule has 0 unspecified atom stereocenters. The molecule has 2 N–H and O–H groups in total. The summed E-state index contributed by atoms with van der Waals surface area (Å²) in [6, 6.07) is 11.6. The molecule has 0 radical (unpaired) electrons. The molecule has 0 atom stereocenters. The molecule has 2 aromatic heterocycles. The average molecular weight is 442 g/mol. The van der Waals surface area contributed by atoms with E-state index in [2.05, 4.69) is 0 Å². The highest BCUT2D eigenvalue weighted by atomic mass is 19.1. The van der Waals surface area contributed by atoms with Gasteiger partial charge in [-0.15, -0.1) is 0 Å². The lowest BCUT2D eigenvalue weighted by Gasteiger charge is -2.14. The highest BCUT2D eigenvalue weighted by Gasteiger charge is 2.16. The summed E-state index contributed by atoms with van der Waals surface area (Å²) in [7, 11) is 0. The van der Waals surface area contributed by atoms with Crippen molar-refractivity contribution in [3.8, 4) is 11.5 Å². The number of fused-ring (bicyclic) bond motifs is 2. The first kappa shape index (κ1) is 21.5. The second-order valence-electron chi connectivity index (χ2n) is 6.95. The van der Waals surface area contributed by atoms with E-state index in [-0.39, 0.29) is 45.0 Å². The first-order chi connectivity index (χ1) is 15.5. The highest BCUT2D eigenvalue weighted by molar-refractivity contribution is 5.84. The van der Waals surface area contributed by atoms with E-state index in [1.807, 2.05) is 0 Å². The normalized spacial score (nSPS) is 11.4. The lowest BCUT2D eigenvalue weighted by Crippen LogP contribution is -2.22. The molecule has 9 heteroatoms. The molecule has 0 saturated heterocycles. The Morgan fingerprint density at radius 2 is 1.22 bits per heavy atom. The third-order valence-electron chi connectivity index (χ3n) is 4.69. The molecule has 2 heterocycles. The lowest BCUT2D eigenvalue weighted by molar-refractivity contribution is 0.136. The molecule has 0 saturated carbocycles. The number of halogens is 1. The molecule has 0 fully saturated rings. The number of ether oxygens (including phenoxy) is 2. The van der Waals surface area contributed by atoms with Gasteiger partial charge in [0.1, 0.15) is 71.4 Å². The zero-order valence-corrected chi connectivity index (χ0v) is 16.7. The molecule has 0 bridgehead atoms. The van der Waals surface area contributed by atoms with Gasteiger partial charge in [-0.3, -0.25) is 9.59 Å². The number of benzene rings is 2. The molecule has 32 heavy (non-hydrogen) atoms.